The minimum atomic E-state index is -1.80. The highest BCUT2D eigenvalue weighted by Crippen LogP contribution is 2.38. The second-order valence-electron chi connectivity index (χ2n) is 10.2. The van der Waals surface area contributed by atoms with Gasteiger partial charge in [-0.2, -0.15) is 0 Å². The van der Waals surface area contributed by atoms with E-state index in [4.69, 9.17) is 9.47 Å². The molecule has 3 aromatic rings. The summed E-state index contributed by atoms with van der Waals surface area (Å²) < 4.78 is 24.3. The fourth-order valence-electron chi connectivity index (χ4n) is 5.24. The largest absolute Gasteiger partial charge is 0.466 e. The number of carbonyl (C=O) groups is 4. The second-order valence-corrected chi connectivity index (χ2v) is 11.6. The van der Waals surface area contributed by atoms with Crippen molar-refractivity contribution in [3.05, 3.63) is 131 Å². The van der Waals surface area contributed by atoms with Crippen LogP contribution in [0.4, 0.5) is 0 Å². The third-order valence-corrected chi connectivity index (χ3v) is 8.80. The number of ether oxygens (including phenoxy) is 2. The average Bonchev–Trinajstić information content (AvgIpc) is 3.03. The van der Waals surface area contributed by atoms with Crippen molar-refractivity contribution in [2.45, 2.75) is 36.4 Å². The summed E-state index contributed by atoms with van der Waals surface area (Å²) in [6, 6.07) is 24.9. The molecule has 2 heterocycles. The number of fused-ring (bicyclic) bond motifs is 1. The topological polar surface area (TPSA) is 119 Å². The molecule has 9 nitrogen and oxygen atoms in total. The highest BCUT2D eigenvalue weighted by molar-refractivity contribution is 7.88. The lowest BCUT2D eigenvalue weighted by molar-refractivity contribution is -0.165. The van der Waals surface area contributed by atoms with Crippen molar-refractivity contribution < 1.29 is 32.9 Å². The molecule has 1 fully saturated rings. The Morgan fingerprint density at radius 2 is 1.47 bits per heavy atom. The molecule has 1 N–H and O–H groups in total. The lowest BCUT2D eigenvalue weighted by Crippen LogP contribution is -2.76. The van der Waals surface area contributed by atoms with Gasteiger partial charge >= 0.3 is 11.9 Å². The van der Waals surface area contributed by atoms with Crippen molar-refractivity contribution >= 4 is 34.6 Å². The molecule has 1 saturated heterocycles. The van der Waals surface area contributed by atoms with Gasteiger partial charge in [-0.15, -0.1) is 0 Å². The number of esters is 2. The number of nitrogens with one attached hydrogen (secondary N) is 1. The summed E-state index contributed by atoms with van der Waals surface area (Å²) in [6.45, 7) is 3.74. The summed E-state index contributed by atoms with van der Waals surface area (Å²) in [4.78, 5) is 53.7. The summed E-state index contributed by atoms with van der Waals surface area (Å²) in [6.07, 6.45) is -0.935. The third-order valence-electron chi connectivity index (χ3n) is 7.29. The summed E-state index contributed by atoms with van der Waals surface area (Å²) >= 11 is 0. The first-order valence-electron chi connectivity index (χ1n) is 13.6. The first-order chi connectivity index (χ1) is 20.8. The zero-order valence-electron chi connectivity index (χ0n) is 23.4. The molecule has 5 rings (SSSR count). The van der Waals surface area contributed by atoms with E-state index in [1.807, 2.05) is 66.7 Å². The van der Waals surface area contributed by atoms with Gasteiger partial charge in [0.2, 0.25) is 11.8 Å². The third kappa shape index (κ3) is 6.34. The summed E-state index contributed by atoms with van der Waals surface area (Å²) in [5.74, 6) is -2.46. The van der Waals surface area contributed by atoms with Gasteiger partial charge in [-0.25, -0.2) is 9.59 Å². The lowest BCUT2D eigenvalue weighted by Gasteiger charge is -2.51. The molecule has 0 aliphatic carbocycles. The van der Waals surface area contributed by atoms with Crippen LogP contribution in [0.2, 0.25) is 0 Å². The van der Waals surface area contributed by atoms with Crippen molar-refractivity contribution in [3.63, 3.8) is 0 Å². The van der Waals surface area contributed by atoms with Crippen molar-refractivity contribution in [2.24, 2.45) is 0 Å². The molecule has 1 unspecified atom stereocenters. The number of nitrogens with zero attached hydrogens (tertiary/aromatic N) is 1. The quantitative estimate of drug-likeness (QED) is 0.216. The Hall–Kier alpha value is -4.83. The van der Waals surface area contributed by atoms with Crippen LogP contribution in [-0.4, -0.2) is 57.4 Å². The molecule has 3 aromatic carbocycles. The Kier molecular flexibility index (Phi) is 8.96. The van der Waals surface area contributed by atoms with Crippen LogP contribution in [0, 0.1) is 0 Å². The van der Waals surface area contributed by atoms with Gasteiger partial charge in [0.25, 0.3) is 0 Å². The van der Waals surface area contributed by atoms with Crippen LogP contribution >= 0.6 is 0 Å². The molecule has 0 aromatic heterocycles. The number of amides is 2. The molecular formula is C33H30N2O7S. The van der Waals surface area contributed by atoms with Gasteiger partial charge in [-0.1, -0.05) is 97.6 Å². The zero-order valence-corrected chi connectivity index (χ0v) is 24.2. The predicted octanol–water partition coefficient (Wildman–Crippen LogP) is 3.35. The van der Waals surface area contributed by atoms with Gasteiger partial charge < -0.3 is 19.7 Å². The maximum atomic E-state index is 14.0. The van der Waals surface area contributed by atoms with Gasteiger partial charge in [0.1, 0.15) is 11.4 Å². The normalized spacial score (nSPS) is 20.7. The van der Waals surface area contributed by atoms with Crippen LogP contribution in [0.25, 0.3) is 0 Å². The molecule has 2 amide bonds. The monoisotopic (exact) mass is 598 g/mol. The molecule has 43 heavy (non-hydrogen) atoms. The van der Waals surface area contributed by atoms with E-state index in [1.54, 1.807) is 24.3 Å². The molecule has 4 atom stereocenters. The van der Waals surface area contributed by atoms with Crippen LogP contribution in [0.1, 0.15) is 29.2 Å². The number of carbonyl (C=O) groups excluding carboxylic acids is 4. The molecule has 10 heteroatoms. The van der Waals surface area contributed by atoms with E-state index in [0.717, 1.165) is 5.56 Å². The molecule has 220 valence electrons. The first-order valence-corrected chi connectivity index (χ1v) is 14.9. The molecule has 0 spiro atoms. The van der Waals surface area contributed by atoms with Crippen LogP contribution in [-0.2, 0) is 45.9 Å². The minimum Gasteiger partial charge on any atom is -0.466 e. The van der Waals surface area contributed by atoms with Crippen molar-refractivity contribution in [1.29, 1.82) is 0 Å². The molecular weight excluding hydrogens is 568 g/mol. The second kappa shape index (κ2) is 13.0. The van der Waals surface area contributed by atoms with Gasteiger partial charge in [0, 0.05) is 17.4 Å². The standard InChI is InChI=1S/C33H30N2O7S/c1-21(32(38)41-2)18-25-20-43(40)31-27(34-26(36)19-22-12-6-3-7-13-22)30(37)35(31)28(25)33(39)42-29(23-14-8-4-9-15-23)24-16-10-5-11-17-24/h3-17,20,27-29,31H,1,18-19H2,2H3,(H,34,36)/t27-,28-,31-,43?/m1/s1. The predicted molar refractivity (Wildman–Crippen MR) is 159 cm³/mol. The van der Waals surface area contributed by atoms with Gasteiger partial charge in [-0.3, -0.25) is 13.8 Å². The number of β-lactam (4-membered cyclic amide) rings is 1. The maximum Gasteiger partial charge on any atom is 0.334 e. The highest BCUT2D eigenvalue weighted by Gasteiger charge is 2.59. The number of benzene rings is 3. The van der Waals surface area contributed by atoms with Gasteiger partial charge in [0.15, 0.2) is 12.1 Å². The summed E-state index contributed by atoms with van der Waals surface area (Å²) in [5, 5.41) is 3.04. The van der Waals surface area contributed by atoms with Crippen LogP contribution in [0.5, 0.6) is 0 Å². The van der Waals surface area contributed by atoms with Gasteiger partial charge in [0.05, 0.1) is 24.3 Å². The Balaban J connectivity index is 1.44. The van der Waals surface area contributed by atoms with Gasteiger partial charge in [-0.05, 0) is 22.3 Å². The van der Waals surface area contributed by atoms with E-state index >= 15 is 0 Å². The molecule has 0 radical (unpaired) electrons. The van der Waals surface area contributed by atoms with Crippen molar-refractivity contribution in [3.8, 4) is 0 Å². The fourth-order valence-corrected chi connectivity index (χ4v) is 6.79. The van der Waals surface area contributed by atoms with E-state index in [0.29, 0.717) is 11.1 Å². The van der Waals surface area contributed by atoms with E-state index in [2.05, 4.69) is 11.9 Å². The van der Waals surface area contributed by atoms with E-state index in [9.17, 15) is 23.4 Å². The van der Waals surface area contributed by atoms with Crippen LogP contribution in [0.15, 0.2) is 114 Å². The average molecular weight is 599 g/mol. The fraction of sp³-hybridized carbons (Fsp3) is 0.212. The Morgan fingerprint density at radius 3 is 2.02 bits per heavy atom. The summed E-state index contributed by atoms with van der Waals surface area (Å²) in [7, 11) is -0.595. The van der Waals surface area contributed by atoms with E-state index in [-0.39, 0.29) is 24.0 Å². The van der Waals surface area contributed by atoms with E-state index < -0.39 is 58.1 Å². The molecule has 2 aliphatic rings. The smallest absolute Gasteiger partial charge is 0.334 e. The number of rotatable bonds is 10. The Morgan fingerprint density at radius 1 is 0.907 bits per heavy atom. The van der Waals surface area contributed by atoms with Crippen molar-refractivity contribution in [2.75, 3.05) is 7.11 Å². The van der Waals surface area contributed by atoms with Crippen molar-refractivity contribution in [1.82, 2.24) is 10.2 Å². The van der Waals surface area contributed by atoms with Crippen LogP contribution in [0.3, 0.4) is 0 Å². The van der Waals surface area contributed by atoms with E-state index in [1.165, 1.54) is 17.4 Å². The molecule has 0 bridgehead atoms. The first kappa shape index (κ1) is 29.7. The Labute approximate surface area is 251 Å². The number of methoxy groups -OCH3 is 1. The lowest BCUT2D eigenvalue weighted by atomic mass is 9.93. The van der Waals surface area contributed by atoms with Crippen LogP contribution < -0.4 is 5.32 Å². The number of hydrogen-bond donors (Lipinski definition) is 1. The highest BCUT2D eigenvalue weighted by atomic mass is 32.2. The summed E-state index contributed by atoms with van der Waals surface area (Å²) in [5.41, 5.74) is 2.42. The maximum absolute atomic E-state index is 14.0. The molecule has 2 aliphatic heterocycles. The minimum absolute atomic E-state index is 0.0188. The SMILES string of the molecule is C=C(CC1=CS(=O)[C@@H]2[C@H](NC(=O)Cc3ccccc3)C(=O)N2[C@H]1C(=O)OC(c1ccccc1)c1ccccc1)C(=O)OC. The Bertz CT molecular complexity index is 1550. The number of hydrogen-bond acceptors (Lipinski definition) is 7. The molecule has 0 saturated carbocycles. The zero-order chi connectivity index (χ0) is 30.5.